The Bertz CT molecular complexity index is 2120. The maximum absolute atomic E-state index is 14.4. The normalized spacial score (nSPS) is 14.2. The van der Waals surface area contributed by atoms with Crippen LogP contribution in [0.5, 0.6) is 17.2 Å². The van der Waals surface area contributed by atoms with Crippen LogP contribution in [-0.2, 0) is 20.9 Å². The summed E-state index contributed by atoms with van der Waals surface area (Å²) in [7, 11) is 3.06. The van der Waals surface area contributed by atoms with E-state index in [4.69, 9.17) is 28.7 Å². The monoisotopic (exact) mass is 891 g/mol. The number of halogens is 2. The average molecular weight is 892 g/mol. The van der Waals surface area contributed by atoms with Crippen molar-refractivity contribution in [2.75, 3.05) is 34.0 Å². The van der Waals surface area contributed by atoms with Gasteiger partial charge in [0.25, 0.3) is 5.56 Å². The molecular formula is C35H31I2N3O7S. The van der Waals surface area contributed by atoms with Crippen molar-refractivity contribution in [3.8, 4) is 23.3 Å². The molecule has 0 aliphatic carbocycles. The van der Waals surface area contributed by atoms with Gasteiger partial charge in [0.2, 0.25) is 0 Å². The van der Waals surface area contributed by atoms with Gasteiger partial charge in [0.15, 0.2) is 16.3 Å². The molecular weight excluding hydrogens is 860 g/mol. The van der Waals surface area contributed by atoms with Gasteiger partial charge in [-0.15, -0.1) is 0 Å². The number of thiazole rings is 1. The Morgan fingerprint density at radius 2 is 1.88 bits per heavy atom. The molecule has 4 aromatic rings. The second-order valence-electron chi connectivity index (χ2n) is 10.4. The largest absolute Gasteiger partial charge is 0.493 e. The summed E-state index contributed by atoms with van der Waals surface area (Å²) in [6.45, 7) is 4.33. The molecule has 2 heterocycles. The van der Waals surface area contributed by atoms with E-state index in [0.717, 1.165) is 12.7 Å². The van der Waals surface area contributed by atoms with Crippen LogP contribution in [0.2, 0.25) is 0 Å². The molecule has 1 aliphatic heterocycles. The number of esters is 1. The molecule has 1 atom stereocenters. The van der Waals surface area contributed by atoms with Crippen LogP contribution in [-0.4, -0.2) is 44.6 Å². The van der Waals surface area contributed by atoms with Gasteiger partial charge in [0.1, 0.15) is 25.0 Å². The molecule has 0 N–H and O–H groups in total. The lowest BCUT2D eigenvalue weighted by molar-refractivity contribution is -0.140. The van der Waals surface area contributed by atoms with E-state index in [1.807, 2.05) is 43.3 Å². The second-order valence-corrected chi connectivity index (χ2v) is 13.8. The summed E-state index contributed by atoms with van der Waals surface area (Å²) in [4.78, 5) is 33.2. The lowest BCUT2D eigenvalue weighted by atomic mass is 9.94. The number of carbonyl (C=O) groups excluding carboxylic acids is 1. The van der Waals surface area contributed by atoms with Crippen LogP contribution in [0.4, 0.5) is 0 Å². The molecule has 248 valence electrons. The van der Waals surface area contributed by atoms with E-state index in [9.17, 15) is 14.9 Å². The lowest BCUT2D eigenvalue weighted by Crippen LogP contribution is -2.40. The predicted molar refractivity (Wildman–Crippen MR) is 198 cm³/mol. The first kappa shape index (κ1) is 35.6. The van der Waals surface area contributed by atoms with Gasteiger partial charge in [-0.3, -0.25) is 9.36 Å². The van der Waals surface area contributed by atoms with Crippen molar-refractivity contribution in [3.63, 3.8) is 0 Å². The molecule has 1 aromatic heterocycles. The Labute approximate surface area is 308 Å². The van der Waals surface area contributed by atoms with Gasteiger partial charge in [-0.2, -0.15) is 5.26 Å². The highest BCUT2D eigenvalue weighted by Crippen LogP contribution is 2.41. The number of carbonyl (C=O) groups is 1. The van der Waals surface area contributed by atoms with Crippen molar-refractivity contribution in [2.24, 2.45) is 4.99 Å². The number of hydrogen-bond acceptors (Lipinski definition) is 10. The molecule has 48 heavy (non-hydrogen) atoms. The number of allylic oxidation sites excluding steroid dienone is 1. The molecule has 0 amide bonds. The summed E-state index contributed by atoms with van der Waals surface area (Å²) >= 11 is 5.65. The number of methoxy groups -OCH3 is 2. The Morgan fingerprint density at radius 1 is 1.08 bits per heavy atom. The Morgan fingerprint density at radius 3 is 2.60 bits per heavy atom. The van der Waals surface area contributed by atoms with Crippen LogP contribution in [0.3, 0.4) is 0 Å². The Hall–Kier alpha value is -3.72. The van der Waals surface area contributed by atoms with Crippen molar-refractivity contribution < 1.29 is 28.5 Å². The van der Waals surface area contributed by atoms with Crippen molar-refractivity contribution in [1.82, 2.24) is 4.57 Å². The minimum Gasteiger partial charge on any atom is -0.493 e. The quantitative estimate of drug-likeness (QED) is 0.104. The third-order valence-corrected chi connectivity index (χ3v) is 9.82. The SMILES string of the molecule is CCOc1c(OC)cccc1[C@H]1C(C(=O)OCCOC)=C(C)N=c2s/c(=C/c3cc(I)cc(I)c3OCc3ccccc3C#N)c(=O)n21. The van der Waals surface area contributed by atoms with E-state index in [2.05, 4.69) is 51.3 Å². The molecule has 0 fully saturated rings. The fraction of sp³-hybridized carbons (Fsp3) is 0.257. The van der Waals surface area contributed by atoms with Crippen molar-refractivity contribution >= 4 is 68.6 Å². The molecule has 0 radical (unpaired) electrons. The number of para-hydroxylation sites is 1. The summed E-state index contributed by atoms with van der Waals surface area (Å²) in [6.07, 6.45) is 1.78. The van der Waals surface area contributed by atoms with E-state index < -0.39 is 12.0 Å². The number of rotatable bonds is 12. The standard InChI is InChI=1S/C35H31I2N3O7S/c1-5-45-32-25(11-8-12-27(32)44-4)30-29(34(42)46-14-13-43-3)20(2)39-35-40(30)33(41)28(48-35)16-23-15-24(36)17-26(37)31(23)47-19-22-10-7-6-9-21(22)18-38/h6-12,15-17,30H,5,13-14,19H2,1-4H3/b28-16+/t30-/m0/s1. The van der Waals surface area contributed by atoms with Crippen molar-refractivity contribution in [2.45, 2.75) is 26.5 Å². The number of hydrogen-bond donors (Lipinski definition) is 0. The van der Waals surface area contributed by atoms with Gasteiger partial charge in [0, 0.05) is 27.4 Å². The fourth-order valence-corrected chi connectivity index (χ4v) is 8.35. The summed E-state index contributed by atoms with van der Waals surface area (Å²) < 4.78 is 32.3. The van der Waals surface area contributed by atoms with E-state index in [-0.39, 0.29) is 31.0 Å². The Kier molecular flexibility index (Phi) is 11.9. The predicted octanol–water partition coefficient (Wildman–Crippen LogP) is 5.49. The number of ether oxygens (including phenoxy) is 5. The first-order valence-electron chi connectivity index (χ1n) is 14.8. The van der Waals surface area contributed by atoms with Crippen LogP contribution in [0.25, 0.3) is 6.08 Å². The van der Waals surface area contributed by atoms with Gasteiger partial charge in [0.05, 0.1) is 51.3 Å². The zero-order chi connectivity index (χ0) is 34.4. The van der Waals surface area contributed by atoms with Gasteiger partial charge in [-0.1, -0.05) is 41.7 Å². The first-order chi connectivity index (χ1) is 23.2. The van der Waals surface area contributed by atoms with Crippen LogP contribution < -0.4 is 29.1 Å². The number of benzene rings is 3. The zero-order valence-corrected chi connectivity index (χ0v) is 31.7. The minimum absolute atomic E-state index is 0.0343. The minimum atomic E-state index is -0.913. The maximum Gasteiger partial charge on any atom is 0.338 e. The van der Waals surface area contributed by atoms with Crippen molar-refractivity contribution in [1.29, 1.82) is 5.26 Å². The number of fused-ring (bicyclic) bond motifs is 1. The highest BCUT2D eigenvalue weighted by Gasteiger charge is 2.36. The summed E-state index contributed by atoms with van der Waals surface area (Å²) in [5.74, 6) is 0.848. The van der Waals surface area contributed by atoms with E-state index >= 15 is 0 Å². The summed E-state index contributed by atoms with van der Waals surface area (Å²) in [6, 6.07) is 17.8. The molecule has 0 unspecified atom stereocenters. The molecule has 0 saturated carbocycles. The molecule has 5 rings (SSSR count). The van der Waals surface area contributed by atoms with Gasteiger partial charge >= 0.3 is 5.97 Å². The molecule has 0 saturated heterocycles. The Balaban J connectivity index is 1.68. The molecule has 13 heteroatoms. The smallest absolute Gasteiger partial charge is 0.338 e. The average Bonchev–Trinajstić information content (AvgIpc) is 3.37. The van der Waals surface area contributed by atoms with Crippen LogP contribution in [0, 0.1) is 18.5 Å². The number of aromatic nitrogens is 1. The third-order valence-electron chi connectivity index (χ3n) is 7.41. The van der Waals surface area contributed by atoms with Gasteiger partial charge in [-0.25, -0.2) is 9.79 Å². The second kappa shape index (κ2) is 16.1. The van der Waals surface area contributed by atoms with Crippen LogP contribution in [0.15, 0.2) is 75.7 Å². The van der Waals surface area contributed by atoms with Crippen molar-refractivity contribution in [3.05, 3.63) is 115 Å². The summed E-state index contributed by atoms with van der Waals surface area (Å²) in [5.41, 5.74) is 2.81. The van der Waals surface area contributed by atoms with E-state index in [1.54, 1.807) is 31.2 Å². The zero-order valence-electron chi connectivity index (χ0n) is 26.5. The number of nitriles is 1. The van der Waals surface area contributed by atoms with Crippen LogP contribution >= 0.6 is 56.5 Å². The molecule has 3 aromatic carbocycles. The molecule has 0 spiro atoms. The lowest BCUT2D eigenvalue weighted by Gasteiger charge is -2.27. The highest BCUT2D eigenvalue weighted by molar-refractivity contribution is 14.1. The maximum atomic E-state index is 14.4. The van der Waals surface area contributed by atoms with E-state index in [1.165, 1.54) is 30.1 Å². The highest BCUT2D eigenvalue weighted by atomic mass is 127. The molecule has 0 bridgehead atoms. The topological polar surface area (TPSA) is 121 Å². The fourth-order valence-electron chi connectivity index (χ4n) is 5.27. The van der Waals surface area contributed by atoms with Gasteiger partial charge < -0.3 is 23.7 Å². The number of nitrogens with zero attached hydrogens (tertiary/aromatic N) is 3. The summed E-state index contributed by atoms with van der Waals surface area (Å²) in [5, 5.41) is 9.56. The molecule has 10 nitrogen and oxygen atoms in total. The van der Waals surface area contributed by atoms with E-state index in [0.29, 0.717) is 55.6 Å². The third kappa shape index (κ3) is 7.46. The first-order valence-corrected chi connectivity index (χ1v) is 17.8. The van der Waals surface area contributed by atoms with Gasteiger partial charge in [-0.05, 0) is 89.4 Å². The van der Waals surface area contributed by atoms with Crippen LogP contribution in [0.1, 0.15) is 42.1 Å². The molecule has 1 aliphatic rings.